The third-order valence-electron chi connectivity index (χ3n) is 4.00. The van der Waals surface area contributed by atoms with Crippen LogP contribution in [0.1, 0.15) is 20.8 Å². The molecule has 0 atom stereocenters. The minimum Gasteiger partial charge on any atom is -0.492 e. The van der Waals surface area contributed by atoms with E-state index in [1.807, 2.05) is 0 Å². The lowest BCUT2D eigenvalue weighted by molar-refractivity contribution is 0.329. The summed E-state index contributed by atoms with van der Waals surface area (Å²) in [6.07, 6.45) is 0. The van der Waals surface area contributed by atoms with Gasteiger partial charge in [0.25, 0.3) is 10.0 Å². The van der Waals surface area contributed by atoms with Crippen LogP contribution in [0.25, 0.3) is 0 Å². The van der Waals surface area contributed by atoms with Gasteiger partial charge in [0, 0.05) is 13.1 Å². The Morgan fingerprint density at radius 1 is 0.931 bits per heavy atom. The molecule has 160 valence electrons. The summed E-state index contributed by atoms with van der Waals surface area (Å²) in [5.41, 5.74) is -0.136. The number of benzene rings is 2. The lowest BCUT2D eigenvalue weighted by Gasteiger charge is -2.21. The second-order valence-corrected chi connectivity index (χ2v) is 9.42. The van der Waals surface area contributed by atoms with Gasteiger partial charge in [-0.3, -0.25) is 4.72 Å². The molecule has 0 amide bonds. The van der Waals surface area contributed by atoms with Gasteiger partial charge in [0.1, 0.15) is 27.2 Å². The fourth-order valence-corrected chi connectivity index (χ4v) is 5.40. The number of hydrogen-bond acceptors (Lipinski definition) is 5. The van der Waals surface area contributed by atoms with Crippen molar-refractivity contribution < 1.29 is 30.4 Å². The molecular weight excluding hydrogens is 426 g/mol. The zero-order chi connectivity index (χ0) is 21.8. The number of halogens is 2. The Kier molecular flexibility index (Phi) is 7.20. The summed E-state index contributed by atoms with van der Waals surface area (Å²) in [4.78, 5) is -1.12. The molecule has 0 saturated carbocycles. The van der Waals surface area contributed by atoms with Crippen molar-refractivity contribution in [2.24, 2.45) is 0 Å². The number of anilines is 1. The average molecular weight is 449 g/mol. The lowest BCUT2D eigenvalue weighted by Crippen LogP contribution is -2.31. The molecule has 0 aliphatic heterocycles. The number of nitrogens with one attached hydrogen (secondary N) is 1. The molecule has 2 aromatic rings. The molecule has 0 aliphatic carbocycles. The number of sulfonamides is 2. The average Bonchev–Trinajstić information content (AvgIpc) is 2.65. The van der Waals surface area contributed by atoms with Crippen LogP contribution < -0.4 is 9.46 Å². The molecule has 2 aromatic carbocycles. The van der Waals surface area contributed by atoms with Gasteiger partial charge in [-0.05, 0) is 43.3 Å². The maximum Gasteiger partial charge on any atom is 0.264 e. The van der Waals surface area contributed by atoms with Gasteiger partial charge in [-0.2, -0.15) is 4.31 Å². The van der Waals surface area contributed by atoms with E-state index in [4.69, 9.17) is 4.74 Å². The molecule has 2 rings (SSSR count). The van der Waals surface area contributed by atoms with Gasteiger partial charge < -0.3 is 4.74 Å². The maximum absolute atomic E-state index is 13.9. The Morgan fingerprint density at radius 2 is 1.59 bits per heavy atom. The summed E-state index contributed by atoms with van der Waals surface area (Å²) in [5.74, 6) is -2.01. The van der Waals surface area contributed by atoms with Crippen LogP contribution in [-0.4, -0.2) is 40.8 Å². The van der Waals surface area contributed by atoms with Crippen molar-refractivity contribution >= 4 is 25.7 Å². The molecular formula is C18H22F2N2O5S2. The number of hydrogen-bond donors (Lipinski definition) is 1. The van der Waals surface area contributed by atoms with Crippen LogP contribution in [0.15, 0.2) is 46.2 Å². The van der Waals surface area contributed by atoms with Gasteiger partial charge in [-0.1, -0.05) is 13.8 Å². The summed E-state index contributed by atoms with van der Waals surface area (Å²) in [6.45, 7) is 5.61. The maximum atomic E-state index is 13.9. The fourth-order valence-electron chi connectivity index (χ4n) is 2.64. The molecule has 0 aliphatic rings. The smallest absolute Gasteiger partial charge is 0.264 e. The third-order valence-corrected chi connectivity index (χ3v) is 7.47. The van der Waals surface area contributed by atoms with Gasteiger partial charge in [0.15, 0.2) is 0 Å². The van der Waals surface area contributed by atoms with E-state index < -0.39 is 36.6 Å². The van der Waals surface area contributed by atoms with Crippen molar-refractivity contribution in [2.75, 3.05) is 24.4 Å². The summed E-state index contributed by atoms with van der Waals surface area (Å²) >= 11 is 0. The molecule has 0 radical (unpaired) electrons. The van der Waals surface area contributed by atoms with Crippen molar-refractivity contribution in [3.63, 3.8) is 0 Å². The van der Waals surface area contributed by atoms with E-state index in [9.17, 15) is 25.6 Å². The standard InChI is InChI=1S/C18H22F2N2O5S2/c1-4-22(5-2)29(25,26)18-12-14(8-10-16(18)27-6-3)21-28(23,24)17-11-13(19)7-9-15(17)20/h7-12,21H,4-6H2,1-3H3. The van der Waals surface area contributed by atoms with E-state index in [1.54, 1.807) is 20.8 Å². The van der Waals surface area contributed by atoms with Crippen LogP contribution in [0.3, 0.4) is 0 Å². The Morgan fingerprint density at radius 3 is 2.17 bits per heavy atom. The normalized spacial score (nSPS) is 12.2. The summed E-state index contributed by atoms with van der Waals surface area (Å²) in [5, 5.41) is 0. The van der Waals surface area contributed by atoms with Crippen LogP contribution >= 0.6 is 0 Å². The molecule has 29 heavy (non-hydrogen) atoms. The molecule has 0 unspecified atom stereocenters. The first-order chi connectivity index (χ1) is 13.6. The second kappa shape index (κ2) is 9.06. The zero-order valence-electron chi connectivity index (χ0n) is 16.1. The van der Waals surface area contributed by atoms with Crippen LogP contribution in [0, 0.1) is 11.6 Å². The first-order valence-corrected chi connectivity index (χ1v) is 11.7. The Hall–Kier alpha value is -2.24. The summed E-state index contributed by atoms with van der Waals surface area (Å²) < 4.78 is 86.8. The van der Waals surface area contributed by atoms with E-state index in [2.05, 4.69) is 4.72 Å². The van der Waals surface area contributed by atoms with Crippen LogP contribution in [0.2, 0.25) is 0 Å². The van der Waals surface area contributed by atoms with Crippen molar-refractivity contribution in [1.82, 2.24) is 4.31 Å². The van der Waals surface area contributed by atoms with Crippen molar-refractivity contribution in [1.29, 1.82) is 0 Å². The molecule has 0 saturated heterocycles. The van der Waals surface area contributed by atoms with E-state index in [0.717, 1.165) is 12.1 Å². The second-order valence-electron chi connectivity index (χ2n) is 5.86. The molecule has 0 bridgehead atoms. The summed E-state index contributed by atoms with van der Waals surface area (Å²) in [6, 6.07) is 5.70. The zero-order valence-corrected chi connectivity index (χ0v) is 17.8. The quantitative estimate of drug-likeness (QED) is 0.636. The predicted molar refractivity (Wildman–Crippen MR) is 105 cm³/mol. The van der Waals surface area contributed by atoms with Crippen LogP contribution in [0.5, 0.6) is 5.75 Å². The van der Waals surface area contributed by atoms with E-state index in [-0.39, 0.29) is 36.0 Å². The number of ether oxygens (including phenoxy) is 1. The molecule has 0 aromatic heterocycles. The Balaban J connectivity index is 2.54. The minimum atomic E-state index is -4.50. The van der Waals surface area contributed by atoms with Crippen molar-refractivity contribution in [3.8, 4) is 5.75 Å². The third kappa shape index (κ3) is 5.03. The summed E-state index contributed by atoms with van der Waals surface area (Å²) in [7, 11) is -8.47. The van der Waals surface area contributed by atoms with E-state index in [0.29, 0.717) is 12.1 Å². The fraction of sp³-hybridized carbons (Fsp3) is 0.333. The largest absolute Gasteiger partial charge is 0.492 e. The number of nitrogens with zero attached hydrogens (tertiary/aromatic N) is 1. The van der Waals surface area contributed by atoms with Gasteiger partial charge in [-0.25, -0.2) is 25.6 Å². The van der Waals surface area contributed by atoms with Crippen molar-refractivity contribution in [3.05, 3.63) is 48.0 Å². The molecule has 0 spiro atoms. The van der Waals surface area contributed by atoms with Crippen LogP contribution in [-0.2, 0) is 20.0 Å². The lowest BCUT2D eigenvalue weighted by atomic mass is 10.3. The first kappa shape index (κ1) is 23.0. The topological polar surface area (TPSA) is 92.8 Å². The molecule has 7 nitrogen and oxygen atoms in total. The highest BCUT2D eigenvalue weighted by atomic mass is 32.2. The highest BCUT2D eigenvalue weighted by molar-refractivity contribution is 7.92. The van der Waals surface area contributed by atoms with Crippen molar-refractivity contribution in [2.45, 2.75) is 30.6 Å². The van der Waals surface area contributed by atoms with E-state index >= 15 is 0 Å². The highest BCUT2D eigenvalue weighted by Crippen LogP contribution is 2.31. The van der Waals surface area contributed by atoms with Gasteiger partial charge in [0.05, 0.1) is 12.3 Å². The molecule has 1 N–H and O–H groups in total. The van der Waals surface area contributed by atoms with Gasteiger partial charge in [-0.15, -0.1) is 0 Å². The highest BCUT2D eigenvalue weighted by Gasteiger charge is 2.27. The van der Waals surface area contributed by atoms with E-state index in [1.165, 1.54) is 16.4 Å². The minimum absolute atomic E-state index is 0.0549. The Labute approximate surface area is 169 Å². The monoisotopic (exact) mass is 448 g/mol. The first-order valence-electron chi connectivity index (χ1n) is 8.81. The Bertz CT molecular complexity index is 1090. The number of rotatable bonds is 9. The molecule has 0 fully saturated rings. The molecule has 11 heteroatoms. The van der Waals surface area contributed by atoms with Crippen LogP contribution in [0.4, 0.5) is 14.5 Å². The van der Waals surface area contributed by atoms with Gasteiger partial charge in [0.2, 0.25) is 10.0 Å². The van der Waals surface area contributed by atoms with Gasteiger partial charge >= 0.3 is 0 Å². The molecule has 0 heterocycles. The SMILES string of the molecule is CCOc1ccc(NS(=O)(=O)c2cc(F)ccc2F)cc1S(=O)(=O)N(CC)CC. The predicted octanol–water partition coefficient (Wildman–Crippen LogP) is 3.19.